The Morgan fingerprint density at radius 3 is 2.45 bits per heavy atom. The van der Waals surface area contributed by atoms with E-state index in [0.717, 1.165) is 0 Å². The Hall–Kier alpha value is -1.63. The molecule has 108 valence electrons. The van der Waals surface area contributed by atoms with Gasteiger partial charge in [0.2, 0.25) is 0 Å². The number of methoxy groups -OCH3 is 2. The van der Waals surface area contributed by atoms with Gasteiger partial charge >= 0.3 is 0 Å². The van der Waals surface area contributed by atoms with E-state index in [1.165, 1.54) is 0 Å². The zero-order valence-electron chi connectivity index (χ0n) is 11.4. The van der Waals surface area contributed by atoms with Crippen LogP contribution in [-0.4, -0.2) is 37.4 Å². The van der Waals surface area contributed by atoms with Crippen molar-refractivity contribution in [1.29, 1.82) is 0 Å². The second-order valence-electron chi connectivity index (χ2n) is 4.00. The molecule has 20 heavy (non-hydrogen) atoms. The van der Waals surface area contributed by atoms with Gasteiger partial charge in [-0.3, -0.25) is 0 Å². The number of fused-ring (bicyclic) bond motifs is 1. The average molecular weight is 298 g/mol. The van der Waals surface area contributed by atoms with Crippen molar-refractivity contribution in [2.75, 3.05) is 27.4 Å². The van der Waals surface area contributed by atoms with Crippen molar-refractivity contribution in [2.24, 2.45) is 5.73 Å². The lowest BCUT2D eigenvalue weighted by Crippen LogP contribution is -2.06. The first-order valence-electron chi connectivity index (χ1n) is 6.05. The zero-order valence-corrected chi connectivity index (χ0v) is 12.1. The fraction of sp³-hybridized carbons (Fsp3) is 0.385. The molecule has 0 radical (unpaired) electrons. The lowest BCUT2D eigenvalue weighted by atomic mass is 10.2. The highest BCUT2D eigenvalue weighted by molar-refractivity contribution is 6.30. The molecule has 0 aliphatic rings. The van der Waals surface area contributed by atoms with E-state index in [-0.39, 0.29) is 6.54 Å². The van der Waals surface area contributed by atoms with E-state index in [2.05, 4.69) is 9.97 Å². The van der Waals surface area contributed by atoms with Gasteiger partial charge in [0.25, 0.3) is 0 Å². The summed E-state index contributed by atoms with van der Waals surface area (Å²) in [6.45, 7) is 1.14. The summed E-state index contributed by atoms with van der Waals surface area (Å²) in [5.41, 5.74) is 7.41. The Balaban J connectivity index is 2.43. The largest absolute Gasteiger partial charge is 0.493 e. The summed E-state index contributed by atoms with van der Waals surface area (Å²) in [5.74, 6) is 1.15. The third-order valence-electron chi connectivity index (χ3n) is 2.71. The summed E-state index contributed by atoms with van der Waals surface area (Å²) in [5, 5.41) is 0.301. The standard InChI is InChI=1S/C13H16ClN3O3/c1-18-3-4-20-12-6-8-9(5-11(12)19-2)17-13(14)10(7-15)16-8/h5-6H,3-4,7,15H2,1-2H3. The van der Waals surface area contributed by atoms with Gasteiger partial charge in [0.1, 0.15) is 6.61 Å². The fourth-order valence-corrected chi connectivity index (χ4v) is 1.93. The Morgan fingerprint density at radius 1 is 1.10 bits per heavy atom. The molecule has 2 N–H and O–H groups in total. The monoisotopic (exact) mass is 297 g/mol. The number of benzene rings is 1. The summed E-state index contributed by atoms with van der Waals surface area (Å²) >= 11 is 6.00. The molecular weight excluding hydrogens is 282 g/mol. The van der Waals surface area contributed by atoms with Crippen LogP contribution in [0.1, 0.15) is 5.69 Å². The van der Waals surface area contributed by atoms with E-state index < -0.39 is 0 Å². The van der Waals surface area contributed by atoms with Crippen LogP contribution >= 0.6 is 11.6 Å². The van der Waals surface area contributed by atoms with Crippen LogP contribution in [0.2, 0.25) is 5.15 Å². The van der Waals surface area contributed by atoms with Gasteiger partial charge in [-0.1, -0.05) is 11.6 Å². The molecule has 0 saturated carbocycles. The number of ether oxygens (including phenoxy) is 3. The molecule has 0 spiro atoms. The van der Waals surface area contributed by atoms with Gasteiger partial charge in [0.05, 0.1) is 30.4 Å². The average Bonchev–Trinajstić information content (AvgIpc) is 2.46. The first-order valence-corrected chi connectivity index (χ1v) is 6.43. The first-order chi connectivity index (χ1) is 9.69. The van der Waals surface area contributed by atoms with Crippen LogP contribution < -0.4 is 15.2 Å². The van der Waals surface area contributed by atoms with Crippen molar-refractivity contribution < 1.29 is 14.2 Å². The quantitative estimate of drug-likeness (QED) is 0.819. The highest BCUT2D eigenvalue weighted by Gasteiger charge is 2.11. The molecule has 0 bridgehead atoms. The Labute approximate surface area is 121 Å². The van der Waals surface area contributed by atoms with Gasteiger partial charge < -0.3 is 19.9 Å². The summed E-state index contributed by atoms with van der Waals surface area (Å²) in [7, 11) is 3.18. The highest BCUT2D eigenvalue weighted by atomic mass is 35.5. The summed E-state index contributed by atoms with van der Waals surface area (Å²) in [4.78, 5) is 8.63. The maximum atomic E-state index is 6.00. The summed E-state index contributed by atoms with van der Waals surface area (Å²) < 4.78 is 15.8. The second kappa shape index (κ2) is 6.69. The molecule has 0 aliphatic heterocycles. The molecule has 0 amide bonds. The van der Waals surface area contributed by atoms with Crippen molar-refractivity contribution in [2.45, 2.75) is 6.54 Å². The number of hydrogen-bond acceptors (Lipinski definition) is 6. The molecule has 6 nitrogen and oxygen atoms in total. The maximum Gasteiger partial charge on any atom is 0.163 e. The van der Waals surface area contributed by atoms with Crippen LogP contribution in [0.4, 0.5) is 0 Å². The molecule has 1 aromatic carbocycles. The molecule has 1 aromatic heterocycles. The van der Waals surface area contributed by atoms with Crippen LogP contribution in [0.3, 0.4) is 0 Å². The number of rotatable bonds is 6. The topological polar surface area (TPSA) is 79.5 Å². The Kier molecular flexibility index (Phi) is 4.94. The van der Waals surface area contributed by atoms with Gasteiger partial charge in [0.15, 0.2) is 16.7 Å². The predicted octanol–water partition coefficient (Wildman–Crippen LogP) is 1.78. The highest BCUT2D eigenvalue weighted by Crippen LogP contribution is 2.31. The molecule has 7 heteroatoms. The number of nitrogens with zero attached hydrogens (tertiary/aromatic N) is 2. The smallest absolute Gasteiger partial charge is 0.163 e. The maximum absolute atomic E-state index is 6.00. The van der Waals surface area contributed by atoms with Crippen molar-refractivity contribution in [3.05, 3.63) is 23.0 Å². The van der Waals surface area contributed by atoms with Gasteiger partial charge in [-0.05, 0) is 0 Å². The van der Waals surface area contributed by atoms with Crippen molar-refractivity contribution in [1.82, 2.24) is 9.97 Å². The van der Waals surface area contributed by atoms with E-state index in [0.29, 0.717) is 46.6 Å². The number of hydrogen-bond donors (Lipinski definition) is 1. The second-order valence-corrected chi connectivity index (χ2v) is 4.36. The molecule has 0 saturated heterocycles. The van der Waals surface area contributed by atoms with E-state index in [9.17, 15) is 0 Å². The van der Waals surface area contributed by atoms with Crippen LogP contribution in [0.15, 0.2) is 12.1 Å². The van der Waals surface area contributed by atoms with E-state index in [1.54, 1.807) is 26.4 Å². The number of aromatic nitrogens is 2. The molecule has 2 rings (SSSR count). The SMILES string of the molecule is COCCOc1cc2nc(CN)c(Cl)nc2cc1OC. The minimum Gasteiger partial charge on any atom is -0.493 e. The molecule has 0 fully saturated rings. The Bertz CT molecular complexity index is 607. The molecular formula is C13H16ClN3O3. The normalized spacial score (nSPS) is 10.8. The summed E-state index contributed by atoms with van der Waals surface area (Å²) in [6.07, 6.45) is 0. The van der Waals surface area contributed by atoms with Gasteiger partial charge in [-0.25, -0.2) is 9.97 Å². The molecule has 1 heterocycles. The van der Waals surface area contributed by atoms with Crippen LogP contribution in [0.25, 0.3) is 11.0 Å². The van der Waals surface area contributed by atoms with Crippen molar-refractivity contribution in [3.8, 4) is 11.5 Å². The molecule has 0 aliphatic carbocycles. The van der Waals surface area contributed by atoms with Crippen LogP contribution in [-0.2, 0) is 11.3 Å². The number of halogens is 1. The number of nitrogens with two attached hydrogens (primary N) is 1. The minimum absolute atomic E-state index is 0.230. The van der Waals surface area contributed by atoms with Gasteiger partial charge in [0, 0.05) is 25.8 Å². The molecule has 0 atom stereocenters. The minimum atomic E-state index is 0.230. The van der Waals surface area contributed by atoms with E-state index in [1.807, 2.05) is 0 Å². The fourth-order valence-electron chi connectivity index (χ4n) is 1.72. The van der Waals surface area contributed by atoms with Crippen LogP contribution in [0, 0.1) is 0 Å². The first kappa shape index (κ1) is 14.8. The van der Waals surface area contributed by atoms with Gasteiger partial charge in [-0.15, -0.1) is 0 Å². The van der Waals surface area contributed by atoms with Crippen molar-refractivity contribution in [3.63, 3.8) is 0 Å². The molecule has 2 aromatic rings. The van der Waals surface area contributed by atoms with E-state index in [4.69, 9.17) is 31.5 Å². The predicted molar refractivity (Wildman–Crippen MR) is 76.4 cm³/mol. The van der Waals surface area contributed by atoms with Gasteiger partial charge in [-0.2, -0.15) is 0 Å². The lowest BCUT2D eigenvalue weighted by molar-refractivity contribution is 0.144. The Morgan fingerprint density at radius 2 is 1.80 bits per heavy atom. The summed E-state index contributed by atoms with van der Waals surface area (Å²) in [6, 6.07) is 3.49. The third kappa shape index (κ3) is 3.09. The molecule has 0 unspecified atom stereocenters. The third-order valence-corrected chi connectivity index (χ3v) is 3.01. The van der Waals surface area contributed by atoms with Crippen LogP contribution in [0.5, 0.6) is 11.5 Å². The lowest BCUT2D eigenvalue weighted by Gasteiger charge is -2.12. The van der Waals surface area contributed by atoms with Crippen molar-refractivity contribution >= 4 is 22.6 Å². The zero-order chi connectivity index (χ0) is 14.5. The van der Waals surface area contributed by atoms with E-state index >= 15 is 0 Å².